The van der Waals surface area contributed by atoms with Gasteiger partial charge in [-0.2, -0.15) is 0 Å². The second-order valence-corrected chi connectivity index (χ2v) is 4.73. The van der Waals surface area contributed by atoms with Gasteiger partial charge in [-0.1, -0.05) is 38.5 Å². The van der Waals surface area contributed by atoms with E-state index in [1.807, 2.05) is 19.9 Å². The molecule has 0 aromatic heterocycles. The van der Waals surface area contributed by atoms with Crippen molar-refractivity contribution < 1.29 is 14.6 Å². The van der Waals surface area contributed by atoms with E-state index in [0.29, 0.717) is 18.4 Å². The first-order chi connectivity index (χ1) is 9.17. The van der Waals surface area contributed by atoms with Crippen LogP contribution in [0.5, 0.6) is 0 Å². The summed E-state index contributed by atoms with van der Waals surface area (Å²) in [5.74, 6) is -0.336. The van der Waals surface area contributed by atoms with Crippen molar-refractivity contribution in [2.75, 3.05) is 0 Å². The van der Waals surface area contributed by atoms with Crippen LogP contribution in [0, 0.1) is 6.07 Å². The van der Waals surface area contributed by atoms with Crippen LogP contribution in [0.2, 0.25) is 0 Å². The zero-order valence-electron chi connectivity index (χ0n) is 11.8. The summed E-state index contributed by atoms with van der Waals surface area (Å²) < 4.78 is 5.43. The maximum Gasteiger partial charge on any atom is 0.339 e. The lowest BCUT2D eigenvalue weighted by molar-refractivity contribution is 0.0225. The highest BCUT2D eigenvalue weighted by Crippen LogP contribution is 2.14. The molecule has 1 N–H and O–H groups in total. The number of carbonyl (C=O) groups excluding carboxylic acids is 1. The normalized spacial score (nSPS) is 13.8. The summed E-state index contributed by atoms with van der Waals surface area (Å²) in [7, 11) is 0. The number of aliphatic hydroxyl groups is 1. The molecule has 0 aliphatic carbocycles. The fourth-order valence-corrected chi connectivity index (χ4v) is 1.94. The summed E-state index contributed by atoms with van der Waals surface area (Å²) in [4.78, 5) is 11.9. The van der Waals surface area contributed by atoms with Gasteiger partial charge in [-0.3, -0.25) is 0 Å². The summed E-state index contributed by atoms with van der Waals surface area (Å²) in [5, 5.41) is 9.70. The average Bonchev–Trinajstić information content (AvgIpc) is 2.44. The van der Waals surface area contributed by atoms with E-state index in [4.69, 9.17) is 4.74 Å². The first-order valence-electron chi connectivity index (χ1n) is 7.03. The van der Waals surface area contributed by atoms with E-state index >= 15 is 0 Å². The van der Waals surface area contributed by atoms with Gasteiger partial charge in [-0.15, -0.1) is 0 Å². The molecule has 2 atom stereocenters. The lowest BCUT2D eigenvalue weighted by Crippen LogP contribution is -2.20. The molecule has 1 aromatic carbocycles. The van der Waals surface area contributed by atoms with Gasteiger partial charge in [0.15, 0.2) is 0 Å². The lowest BCUT2D eigenvalue weighted by atomic mass is 10.0. The Morgan fingerprint density at radius 1 is 1.32 bits per heavy atom. The Bertz CT molecular complexity index is 362. The lowest BCUT2D eigenvalue weighted by Gasteiger charge is -2.18. The van der Waals surface area contributed by atoms with Crippen LogP contribution in [-0.2, 0) is 4.74 Å². The first-order valence-corrected chi connectivity index (χ1v) is 7.03. The van der Waals surface area contributed by atoms with E-state index in [1.54, 1.807) is 18.2 Å². The van der Waals surface area contributed by atoms with Crippen LogP contribution in [0.15, 0.2) is 24.3 Å². The molecule has 0 aliphatic heterocycles. The predicted molar refractivity (Wildman–Crippen MR) is 74.9 cm³/mol. The summed E-state index contributed by atoms with van der Waals surface area (Å²) in [6, 6.07) is 9.86. The Hall–Kier alpha value is -1.35. The molecule has 0 bridgehead atoms. The minimum Gasteiger partial charge on any atom is -0.459 e. The second-order valence-electron chi connectivity index (χ2n) is 4.73. The zero-order valence-corrected chi connectivity index (χ0v) is 11.8. The number of hydrogen-bond donors (Lipinski definition) is 1. The van der Waals surface area contributed by atoms with Crippen LogP contribution in [0.4, 0.5) is 0 Å². The van der Waals surface area contributed by atoms with Crippen LogP contribution in [-0.4, -0.2) is 23.3 Å². The van der Waals surface area contributed by atoms with Gasteiger partial charge in [0, 0.05) is 0 Å². The van der Waals surface area contributed by atoms with Crippen molar-refractivity contribution in [2.45, 2.75) is 58.2 Å². The van der Waals surface area contributed by atoms with Gasteiger partial charge < -0.3 is 9.84 Å². The molecule has 2 unspecified atom stereocenters. The summed E-state index contributed by atoms with van der Waals surface area (Å²) >= 11 is 0. The third-order valence-electron chi connectivity index (χ3n) is 3.10. The Morgan fingerprint density at radius 2 is 2.11 bits per heavy atom. The number of ether oxygens (including phenoxy) is 1. The first kappa shape index (κ1) is 15.7. The van der Waals surface area contributed by atoms with Crippen molar-refractivity contribution in [3.8, 4) is 0 Å². The van der Waals surface area contributed by atoms with Crippen LogP contribution in [0.3, 0.4) is 0 Å². The Balaban J connectivity index is 2.42. The molecule has 1 radical (unpaired) electrons. The minimum atomic E-state index is -0.336. The molecular formula is C16H23O3. The molecule has 0 fully saturated rings. The smallest absolute Gasteiger partial charge is 0.339 e. The van der Waals surface area contributed by atoms with E-state index in [1.165, 1.54) is 0 Å². The standard InChI is InChI=1S/C16H23O3/c1-3-8-14(17)11-12-15(4-2)19-16(18)13-9-6-5-7-10-13/h5-7,9,14-15,17H,3-4,8,11-12H2,1-2H3. The zero-order chi connectivity index (χ0) is 14.1. The number of rotatable bonds is 8. The Kier molecular flexibility index (Phi) is 7.19. The van der Waals surface area contributed by atoms with Gasteiger partial charge in [0.05, 0.1) is 11.7 Å². The summed E-state index contributed by atoms with van der Waals surface area (Å²) in [5.41, 5.74) is 0.454. The third-order valence-corrected chi connectivity index (χ3v) is 3.10. The van der Waals surface area contributed by atoms with E-state index in [-0.39, 0.29) is 18.2 Å². The highest BCUT2D eigenvalue weighted by atomic mass is 16.5. The molecule has 0 spiro atoms. The van der Waals surface area contributed by atoms with Gasteiger partial charge in [-0.25, -0.2) is 4.79 Å². The van der Waals surface area contributed by atoms with Crippen LogP contribution in [0.25, 0.3) is 0 Å². The van der Waals surface area contributed by atoms with Crippen molar-refractivity contribution in [1.29, 1.82) is 0 Å². The van der Waals surface area contributed by atoms with E-state index < -0.39 is 0 Å². The van der Waals surface area contributed by atoms with Gasteiger partial charge in [0.25, 0.3) is 0 Å². The molecule has 3 heteroatoms. The molecule has 0 amide bonds. The highest BCUT2D eigenvalue weighted by molar-refractivity contribution is 5.89. The maximum atomic E-state index is 11.9. The van der Waals surface area contributed by atoms with Gasteiger partial charge in [-0.05, 0) is 37.8 Å². The van der Waals surface area contributed by atoms with Crippen molar-refractivity contribution in [3.05, 3.63) is 35.9 Å². The summed E-state index contributed by atoms with van der Waals surface area (Å²) in [6.07, 6.45) is 3.49. The fourth-order valence-electron chi connectivity index (χ4n) is 1.94. The third kappa shape index (κ3) is 5.88. The SMILES string of the molecule is CCCC(O)CCC(CC)OC(=O)c1[c]cccc1. The van der Waals surface area contributed by atoms with Gasteiger partial charge >= 0.3 is 5.97 Å². The van der Waals surface area contributed by atoms with Crippen molar-refractivity contribution in [2.24, 2.45) is 0 Å². The minimum absolute atomic E-state index is 0.132. The Morgan fingerprint density at radius 3 is 2.68 bits per heavy atom. The van der Waals surface area contributed by atoms with Gasteiger partial charge in [0.1, 0.15) is 6.10 Å². The largest absolute Gasteiger partial charge is 0.459 e. The average molecular weight is 263 g/mol. The molecule has 1 rings (SSSR count). The Labute approximate surface area is 115 Å². The molecule has 0 saturated carbocycles. The number of aliphatic hydroxyl groups excluding tert-OH is 1. The number of esters is 1. The van der Waals surface area contributed by atoms with Crippen molar-refractivity contribution in [3.63, 3.8) is 0 Å². The van der Waals surface area contributed by atoms with E-state index in [2.05, 4.69) is 6.07 Å². The molecule has 0 aliphatic rings. The molecule has 3 nitrogen and oxygen atoms in total. The number of hydrogen-bond acceptors (Lipinski definition) is 3. The van der Waals surface area contributed by atoms with Crippen LogP contribution >= 0.6 is 0 Å². The molecular weight excluding hydrogens is 240 g/mol. The summed E-state index contributed by atoms with van der Waals surface area (Å²) in [6.45, 7) is 4.03. The quantitative estimate of drug-likeness (QED) is 0.731. The predicted octanol–water partition coefficient (Wildman–Crippen LogP) is 3.36. The molecule has 0 heterocycles. The van der Waals surface area contributed by atoms with Crippen molar-refractivity contribution >= 4 is 5.97 Å². The molecule has 105 valence electrons. The maximum absolute atomic E-state index is 11.9. The molecule has 19 heavy (non-hydrogen) atoms. The number of benzene rings is 1. The van der Waals surface area contributed by atoms with Crippen LogP contribution < -0.4 is 0 Å². The van der Waals surface area contributed by atoms with E-state index in [0.717, 1.165) is 19.3 Å². The fraction of sp³-hybridized carbons (Fsp3) is 0.562. The van der Waals surface area contributed by atoms with E-state index in [9.17, 15) is 9.90 Å². The van der Waals surface area contributed by atoms with Crippen molar-refractivity contribution in [1.82, 2.24) is 0 Å². The molecule has 0 saturated heterocycles. The molecule has 1 aromatic rings. The van der Waals surface area contributed by atoms with Crippen LogP contribution in [0.1, 0.15) is 56.3 Å². The highest BCUT2D eigenvalue weighted by Gasteiger charge is 2.15. The van der Waals surface area contributed by atoms with Gasteiger partial charge in [0.2, 0.25) is 0 Å². The second kappa shape index (κ2) is 8.70. The monoisotopic (exact) mass is 263 g/mol. The number of carbonyl (C=O) groups is 1. The topological polar surface area (TPSA) is 46.5 Å².